The monoisotopic (exact) mass is 1880 g/mol. The molecule has 12 heterocycles. The average molecular weight is 1880 g/mol. The summed E-state index contributed by atoms with van der Waals surface area (Å²) in [6.45, 7) is -5.43. The standard InChI is InChI=1S/C108H57O31P/c1-122-79(109)103-85(115)131-10-7-13-137-140(121)138-14-8-11-132-86(116)104(80(110)123-2)92-57-32-35-59(92)38-44-66-48-42-63(96(66,92)104)36-33(57)56-31-34-58-37-43-64-46-40(61(35)94(64,103)91(58,103)55(31)32)68(38)98-71(44)50-53-76-52-49-70(43)97-67(37)41-47-65-45-39(60(36)93(56)95(65,62(34)41)105(93,81(111)124-3)87(117)133-12-9-15-139-140)69(42)99-72(45)51-54-77(52)101(97,74(47)51)106(97,82(112)125-4)88(118)134-19-16-128-25-28-22-29(26-129-17-20-135-89(119)107(98,83(113)126-5)100(76,98)73(46)49)24-30(23-28)27-130-18-21-136-90(120)108(99,84(114)127-6)102(99,75(48)50)78(53)54/h22-24H,7-21,25-27H2,1-6H3. The molecule has 31 nitrogen and oxygen atoms in total. The fourth-order valence-electron chi connectivity index (χ4n) is 44.2. The highest BCUT2D eigenvalue weighted by molar-refractivity contribution is 7.48. The highest BCUT2D eigenvalue weighted by atomic mass is 31.2. The molecule has 32 heteroatoms. The smallest absolute Gasteiger partial charge is 0.468 e. The Balaban J connectivity index is 0.814. The van der Waals surface area contributed by atoms with Crippen molar-refractivity contribution in [1.82, 2.24) is 0 Å². The molecule has 18 unspecified atom stereocenters. The number of carbonyl (C=O) groups is 12. The fourth-order valence-corrected chi connectivity index (χ4v) is 45.5. The third-order valence-electron chi connectivity index (χ3n) is 44.2. The van der Waals surface area contributed by atoms with Crippen LogP contribution in [0.3, 0.4) is 0 Å². The molecule has 30 aliphatic carbocycles. The molecule has 6 saturated carbocycles. The van der Waals surface area contributed by atoms with Crippen LogP contribution >= 0.6 is 7.82 Å². The molecule has 18 atom stereocenters. The van der Waals surface area contributed by atoms with Crippen LogP contribution in [0.15, 0.2) is 18.2 Å². The van der Waals surface area contributed by atoms with Gasteiger partial charge in [-0.15, -0.1) is 0 Å². The molecule has 52 bridgehead atoms. The molecule has 0 N–H and O–H groups in total. The van der Waals surface area contributed by atoms with E-state index in [1.807, 2.05) is 18.2 Å². The minimum absolute atomic E-state index is 0.0743. The Morgan fingerprint density at radius 1 is 0.214 bits per heavy atom. The van der Waals surface area contributed by atoms with Gasteiger partial charge in [-0.3, -0.25) is 71.1 Å². The van der Waals surface area contributed by atoms with Crippen LogP contribution in [0.2, 0.25) is 0 Å². The van der Waals surface area contributed by atoms with Crippen molar-refractivity contribution in [2.75, 3.05) is 122 Å². The van der Waals surface area contributed by atoms with Gasteiger partial charge in [0.05, 0.1) is 187 Å². The van der Waals surface area contributed by atoms with E-state index in [1.54, 1.807) is 0 Å². The quantitative estimate of drug-likeness (QED) is 0.0674. The molecule has 51 rings (SSSR count). The predicted octanol–water partition coefficient (Wildman–Crippen LogP) is 7.46. The normalized spacial score (nSPS) is 40.6. The van der Waals surface area contributed by atoms with E-state index in [0.29, 0.717) is 284 Å². The summed E-state index contributed by atoms with van der Waals surface area (Å²) in [6, 6.07) is 5.62. The first-order valence-corrected chi connectivity index (χ1v) is 49.7. The number of hydrogen-bond donors (Lipinski definition) is 0. The molecular formula is C108H57O31P. The van der Waals surface area contributed by atoms with Gasteiger partial charge in [0.25, 0.3) is 0 Å². The molecule has 42 aliphatic rings. The van der Waals surface area contributed by atoms with Crippen LogP contribution in [0.1, 0.15) is 169 Å². The van der Waals surface area contributed by atoms with Crippen molar-refractivity contribution in [2.45, 2.75) is 104 Å². The molecule has 0 radical (unpaired) electrons. The summed E-state index contributed by atoms with van der Waals surface area (Å²) in [5, 5.41) is 0. The topological polar surface area (TPSA) is 388 Å². The van der Waals surface area contributed by atoms with E-state index >= 15 is 62.1 Å². The molecule has 680 valence electrons. The maximum absolute atomic E-state index is 19.0. The molecule has 9 aromatic rings. The Morgan fingerprint density at radius 2 is 0.350 bits per heavy atom. The van der Waals surface area contributed by atoms with Gasteiger partial charge in [0, 0.05) is 19.3 Å². The predicted molar refractivity (Wildman–Crippen MR) is 456 cm³/mol. The second-order valence-corrected chi connectivity index (χ2v) is 46.3. The second kappa shape index (κ2) is 18.1. The number of ether oxygens (including phenoxy) is 15. The second-order valence-electron chi connectivity index (χ2n) is 44.6. The van der Waals surface area contributed by atoms with Crippen LogP contribution in [-0.4, -0.2) is 194 Å². The third-order valence-corrected chi connectivity index (χ3v) is 45.6. The Kier molecular flexibility index (Phi) is 9.17. The minimum atomic E-state index is -4.81. The third kappa shape index (κ3) is 4.27. The summed E-state index contributed by atoms with van der Waals surface area (Å²) < 4.78 is 138. The zero-order valence-electron chi connectivity index (χ0n) is 74.1. The molecule has 0 amide bonds. The van der Waals surface area contributed by atoms with Crippen LogP contribution in [0.4, 0.5) is 0 Å². The van der Waals surface area contributed by atoms with Gasteiger partial charge in [-0.2, -0.15) is 0 Å². The number of carbonyl (C=O) groups excluding carboxylic acids is 12. The average Bonchev–Trinajstić information content (AvgIpc) is 1.30. The van der Waals surface area contributed by atoms with E-state index in [1.165, 1.54) is 42.7 Å². The number of hydrogen-bond acceptors (Lipinski definition) is 31. The fraction of sp³-hybridized carbons (Fsp3) is 0.389. The lowest BCUT2D eigenvalue weighted by Gasteiger charge is -2.37. The Morgan fingerprint density at radius 3 is 0.486 bits per heavy atom. The lowest BCUT2D eigenvalue weighted by atomic mass is 9.63. The van der Waals surface area contributed by atoms with E-state index in [2.05, 4.69) is 0 Å². The summed E-state index contributed by atoms with van der Waals surface area (Å²) >= 11 is 0. The molecule has 140 heavy (non-hydrogen) atoms. The van der Waals surface area contributed by atoms with Crippen LogP contribution in [0.25, 0.3) is 134 Å². The highest BCUT2D eigenvalue weighted by Gasteiger charge is 3.19. The summed E-state index contributed by atoms with van der Waals surface area (Å²) in [7, 11) is 2.56. The van der Waals surface area contributed by atoms with Crippen molar-refractivity contribution < 1.29 is 147 Å². The van der Waals surface area contributed by atoms with Crippen molar-refractivity contribution >= 4 is 79.5 Å². The summed E-state index contributed by atoms with van der Waals surface area (Å²) in [5.74, 6) is -12.9. The maximum atomic E-state index is 19.0. The Bertz CT molecular complexity index is 7270. The lowest BCUT2D eigenvalue weighted by molar-refractivity contribution is -0.167. The van der Waals surface area contributed by atoms with Gasteiger partial charge in [-0.05, 0) is 284 Å². The summed E-state index contributed by atoms with van der Waals surface area (Å²) in [5.41, 5.74) is -24.8. The van der Waals surface area contributed by atoms with Crippen LogP contribution in [0.5, 0.6) is 0 Å². The van der Waals surface area contributed by atoms with Gasteiger partial charge >= 0.3 is 79.5 Å². The number of rotatable bonds is 6. The molecule has 6 fully saturated rings. The van der Waals surface area contributed by atoms with E-state index in [4.69, 9.17) is 84.6 Å². The first-order chi connectivity index (χ1) is 68.2. The van der Waals surface area contributed by atoms with Crippen LogP contribution < -0.4 is 0 Å². The molecule has 12 spiro atoms. The Hall–Kier alpha value is -13.4. The number of benzene rings is 9. The zero-order chi connectivity index (χ0) is 92.5. The van der Waals surface area contributed by atoms with Gasteiger partial charge in [-0.25, -0.2) is 4.57 Å². The first kappa shape index (κ1) is 71.1. The van der Waals surface area contributed by atoms with Crippen molar-refractivity contribution in [3.63, 3.8) is 0 Å². The number of methoxy groups -OCH3 is 6. The largest absolute Gasteiger partial charge is 0.474 e. The van der Waals surface area contributed by atoms with Crippen molar-refractivity contribution in [3.8, 4) is 134 Å². The molecule has 12 aliphatic heterocycles. The highest BCUT2D eigenvalue weighted by Crippen LogP contribution is 3.17. The SMILES string of the molecule is COC(=O)C12C(=O)OCCCOP3(=O)OCCCOC(=O)C4(C(=O)OC)C56c7c8c9c%10c%11c7-c7c5c5c%12c%13c7C7%14c%15c%16c%17c%18c(c%15-%13)C%13%15c%19c-%18c%18c%20c%21c%19-c%19c%22c-5c5c%23c%19C%21%19C%21(C(=O)OC)C(=O)OCCOCc%24cc(cc(c%24)COCCOC(=O)C%13(C(=O)OC)C%12%22%15)COCCOC(=O)C%12(C(=O)OC)C%17%13c%15c-%16c(c-%10c%10c%15-c%15c%16c%17c(c-%20c%15C%18%12%13)C%21%19c%12c-%17c(c-8c(c%12-%23)C546)C91C%10%162)C%117C%14(C(=O)OC)C(=O)OCCCO3. The first-order valence-electron chi connectivity index (χ1n) is 48.2. The summed E-state index contributed by atoms with van der Waals surface area (Å²) in [4.78, 5) is 225. The number of esters is 12. The van der Waals surface area contributed by atoms with Crippen LogP contribution in [-0.2, 0) is 232 Å². The number of phosphoric acid groups is 1. The molecule has 9 aromatic carbocycles. The van der Waals surface area contributed by atoms with E-state index in [9.17, 15) is 0 Å². The Labute approximate surface area is 782 Å². The lowest BCUT2D eigenvalue weighted by Crippen LogP contribution is -2.40. The van der Waals surface area contributed by atoms with Gasteiger partial charge in [0.1, 0.15) is 19.8 Å². The van der Waals surface area contributed by atoms with Crippen molar-refractivity contribution in [2.24, 2.45) is 32.5 Å². The van der Waals surface area contributed by atoms with Gasteiger partial charge in [0.15, 0.2) is 32.5 Å². The van der Waals surface area contributed by atoms with Crippen molar-refractivity contribution in [1.29, 1.82) is 0 Å². The van der Waals surface area contributed by atoms with E-state index in [-0.39, 0.29) is 58.9 Å². The maximum Gasteiger partial charge on any atom is 0.474 e. The van der Waals surface area contributed by atoms with Crippen LogP contribution in [0, 0.1) is 32.5 Å². The molecular weight excluding hydrogens is 1820 g/mol. The zero-order valence-corrected chi connectivity index (χ0v) is 75.0. The van der Waals surface area contributed by atoms with Gasteiger partial charge < -0.3 is 71.1 Å². The number of phosphoric ester groups is 1. The van der Waals surface area contributed by atoms with E-state index < -0.39 is 236 Å². The molecule has 0 aromatic heterocycles. The summed E-state index contributed by atoms with van der Waals surface area (Å²) in [6.07, 6.45) is -0.647. The van der Waals surface area contributed by atoms with E-state index in [0.717, 1.165) is 0 Å². The van der Waals surface area contributed by atoms with Crippen molar-refractivity contribution in [3.05, 3.63) is 168 Å². The van der Waals surface area contributed by atoms with Gasteiger partial charge in [-0.1, -0.05) is 18.2 Å². The molecule has 0 saturated heterocycles. The van der Waals surface area contributed by atoms with Gasteiger partial charge in [0.2, 0.25) is 0 Å². The minimum Gasteiger partial charge on any atom is -0.468 e.